The predicted molar refractivity (Wildman–Crippen MR) is 119 cm³/mol. The summed E-state index contributed by atoms with van der Waals surface area (Å²) >= 11 is 19.3. The van der Waals surface area contributed by atoms with Crippen LogP contribution >= 0.6 is 46.1 Å². The van der Waals surface area contributed by atoms with E-state index in [-0.39, 0.29) is 0 Å². The Bertz CT molecular complexity index is 1380. The van der Waals surface area contributed by atoms with Gasteiger partial charge in [-0.05, 0) is 48.0 Å². The molecular weight excluding hydrogens is 451 g/mol. The summed E-state index contributed by atoms with van der Waals surface area (Å²) in [6.45, 7) is 0. The standard InChI is InChI=1S/C21H9Cl3N2O2S/c22-14-2-4-19-12(5-14)6-15(21(27)28-19)18-10-29-20(26-18)8-13(9-25)11-1-3-16(23)17(24)7-11/h1-8,10H. The third-order valence-corrected chi connectivity index (χ3v) is 5.88. The zero-order valence-corrected chi connectivity index (χ0v) is 17.5. The van der Waals surface area contributed by atoms with Crippen molar-refractivity contribution in [2.75, 3.05) is 0 Å². The van der Waals surface area contributed by atoms with Crippen LogP contribution in [-0.2, 0) is 0 Å². The summed E-state index contributed by atoms with van der Waals surface area (Å²) < 4.78 is 5.36. The zero-order chi connectivity index (χ0) is 20.5. The van der Waals surface area contributed by atoms with Gasteiger partial charge in [-0.2, -0.15) is 5.26 Å². The average molecular weight is 460 g/mol. The molecule has 0 aliphatic carbocycles. The Balaban J connectivity index is 1.74. The van der Waals surface area contributed by atoms with E-state index in [1.165, 1.54) is 11.3 Å². The fourth-order valence-corrected chi connectivity index (χ4v) is 3.95. The summed E-state index contributed by atoms with van der Waals surface area (Å²) in [6.07, 6.45) is 1.63. The van der Waals surface area contributed by atoms with Crippen LogP contribution in [0.25, 0.3) is 33.9 Å². The second-order valence-electron chi connectivity index (χ2n) is 6.00. The predicted octanol–water partition coefficient (Wildman–Crippen LogP) is 6.94. The number of rotatable bonds is 3. The molecule has 0 saturated carbocycles. The molecule has 4 aromatic rings. The van der Waals surface area contributed by atoms with Crippen LogP contribution in [0.5, 0.6) is 0 Å². The molecule has 4 nitrogen and oxygen atoms in total. The summed E-state index contributed by atoms with van der Waals surface area (Å²) in [4.78, 5) is 16.8. The van der Waals surface area contributed by atoms with Crippen molar-refractivity contribution in [1.29, 1.82) is 5.26 Å². The molecule has 0 saturated heterocycles. The molecule has 142 valence electrons. The van der Waals surface area contributed by atoms with Gasteiger partial charge >= 0.3 is 5.63 Å². The Labute approximate surface area is 184 Å². The molecule has 0 radical (unpaired) electrons. The fourth-order valence-electron chi connectivity index (χ4n) is 2.72. The lowest BCUT2D eigenvalue weighted by atomic mass is 10.1. The van der Waals surface area contributed by atoms with Crippen LogP contribution in [0.2, 0.25) is 15.1 Å². The van der Waals surface area contributed by atoms with Crippen LogP contribution in [-0.4, -0.2) is 4.98 Å². The van der Waals surface area contributed by atoms with Crippen molar-refractivity contribution in [3.63, 3.8) is 0 Å². The highest BCUT2D eigenvalue weighted by Gasteiger charge is 2.12. The highest BCUT2D eigenvalue weighted by molar-refractivity contribution is 7.10. The van der Waals surface area contributed by atoms with Gasteiger partial charge in [0.1, 0.15) is 10.6 Å². The molecule has 8 heteroatoms. The SMILES string of the molecule is N#CC(=Cc1nc(-c2cc3cc(Cl)ccc3oc2=O)cs1)c1ccc(Cl)c(Cl)c1. The minimum Gasteiger partial charge on any atom is -0.422 e. The van der Waals surface area contributed by atoms with Gasteiger partial charge in [-0.25, -0.2) is 9.78 Å². The molecule has 0 unspecified atom stereocenters. The number of thiazole rings is 1. The van der Waals surface area contributed by atoms with E-state index in [9.17, 15) is 10.1 Å². The Kier molecular flexibility index (Phi) is 5.44. The van der Waals surface area contributed by atoms with E-state index in [0.29, 0.717) is 53.4 Å². The maximum absolute atomic E-state index is 12.4. The van der Waals surface area contributed by atoms with Crippen LogP contribution in [0.4, 0.5) is 0 Å². The van der Waals surface area contributed by atoms with E-state index >= 15 is 0 Å². The number of nitriles is 1. The van der Waals surface area contributed by atoms with Gasteiger partial charge in [-0.15, -0.1) is 11.3 Å². The number of hydrogen-bond acceptors (Lipinski definition) is 5. The average Bonchev–Trinajstić information content (AvgIpc) is 3.16. The van der Waals surface area contributed by atoms with E-state index < -0.39 is 5.63 Å². The third kappa shape index (κ3) is 4.07. The molecule has 29 heavy (non-hydrogen) atoms. The van der Waals surface area contributed by atoms with Crippen LogP contribution in [0.3, 0.4) is 0 Å². The number of allylic oxidation sites excluding steroid dienone is 1. The van der Waals surface area contributed by atoms with Gasteiger partial charge in [0.2, 0.25) is 0 Å². The van der Waals surface area contributed by atoms with Gasteiger partial charge in [0.25, 0.3) is 0 Å². The number of nitrogens with zero attached hydrogens (tertiary/aromatic N) is 2. The molecular formula is C21H9Cl3N2O2S. The minimum absolute atomic E-state index is 0.323. The van der Waals surface area contributed by atoms with E-state index in [4.69, 9.17) is 39.2 Å². The number of aromatic nitrogens is 1. The largest absolute Gasteiger partial charge is 0.422 e. The van der Waals surface area contributed by atoms with Gasteiger partial charge in [-0.3, -0.25) is 0 Å². The summed E-state index contributed by atoms with van der Waals surface area (Å²) in [6, 6.07) is 13.8. The molecule has 0 amide bonds. The summed E-state index contributed by atoms with van der Waals surface area (Å²) in [5.41, 5.74) is 1.74. The molecule has 0 N–H and O–H groups in total. The maximum atomic E-state index is 12.4. The maximum Gasteiger partial charge on any atom is 0.345 e. The first kappa shape index (κ1) is 19.7. The van der Waals surface area contributed by atoms with Crippen molar-refractivity contribution < 1.29 is 4.42 Å². The molecule has 4 rings (SSSR count). The molecule has 0 bridgehead atoms. The first-order valence-electron chi connectivity index (χ1n) is 8.21. The molecule has 0 fully saturated rings. The van der Waals surface area contributed by atoms with Crippen LogP contribution in [0, 0.1) is 11.3 Å². The van der Waals surface area contributed by atoms with Gasteiger partial charge in [-0.1, -0.05) is 40.9 Å². The van der Waals surface area contributed by atoms with E-state index in [2.05, 4.69) is 11.1 Å². The van der Waals surface area contributed by atoms with E-state index in [1.807, 2.05) is 0 Å². The summed E-state index contributed by atoms with van der Waals surface area (Å²) in [5, 5.41) is 13.8. The second kappa shape index (κ2) is 8.02. The van der Waals surface area contributed by atoms with E-state index in [1.54, 1.807) is 53.9 Å². The number of halogens is 3. The third-order valence-electron chi connectivity index (χ3n) is 4.11. The smallest absolute Gasteiger partial charge is 0.345 e. The minimum atomic E-state index is -0.495. The van der Waals surface area contributed by atoms with Crippen molar-refractivity contribution >= 4 is 68.8 Å². The topological polar surface area (TPSA) is 66.9 Å². The first-order chi connectivity index (χ1) is 13.9. The van der Waals surface area contributed by atoms with Crippen molar-refractivity contribution in [1.82, 2.24) is 4.98 Å². The molecule has 0 aliphatic heterocycles. The lowest BCUT2D eigenvalue weighted by Gasteiger charge is -2.01. The molecule has 0 atom stereocenters. The van der Waals surface area contributed by atoms with Gasteiger partial charge in [0.05, 0.1) is 32.9 Å². The summed E-state index contributed by atoms with van der Waals surface area (Å²) in [5.74, 6) is 0. The Morgan fingerprint density at radius 3 is 2.69 bits per heavy atom. The fraction of sp³-hybridized carbons (Fsp3) is 0. The number of fused-ring (bicyclic) bond motifs is 1. The molecule has 2 heterocycles. The van der Waals surface area contributed by atoms with Crippen molar-refractivity contribution in [2.24, 2.45) is 0 Å². The van der Waals surface area contributed by atoms with Gasteiger partial charge < -0.3 is 4.42 Å². The summed E-state index contributed by atoms with van der Waals surface area (Å²) in [7, 11) is 0. The lowest BCUT2D eigenvalue weighted by Crippen LogP contribution is -2.02. The van der Waals surface area contributed by atoms with Crippen molar-refractivity contribution in [2.45, 2.75) is 0 Å². The van der Waals surface area contributed by atoms with Crippen LogP contribution in [0.15, 0.2) is 57.1 Å². The van der Waals surface area contributed by atoms with Crippen molar-refractivity contribution in [3.05, 3.63) is 83.9 Å². The second-order valence-corrected chi connectivity index (χ2v) is 8.14. The number of benzene rings is 2. The van der Waals surface area contributed by atoms with Gasteiger partial charge in [0.15, 0.2) is 0 Å². The lowest BCUT2D eigenvalue weighted by molar-refractivity contribution is 0.563. The Morgan fingerprint density at radius 2 is 1.93 bits per heavy atom. The Morgan fingerprint density at radius 1 is 1.10 bits per heavy atom. The van der Waals surface area contributed by atoms with Gasteiger partial charge in [0, 0.05) is 15.8 Å². The quantitative estimate of drug-likeness (QED) is 0.246. The van der Waals surface area contributed by atoms with E-state index in [0.717, 1.165) is 0 Å². The normalized spacial score (nSPS) is 11.6. The molecule has 2 aromatic heterocycles. The van der Waals surface area contributed by atoms with Crippen LogP contribution in [0.1, 0.15) is 10.6 Å². The first-order valence-corrected chi connectivity index (χ1v) is 10.2. The monoisotopic (exact) mass is 458 g/mol. The van der Waals surface area contributed by atoms with Crippen LogP contribution < -0.4 is 5.63 Å². The molecule has 2 aromatic carbocycles. The highest BCUT2D eigenvalue weighted by Crippen LogP contribution is 2.29. The zero-order valence-electron chi connectivity index (χ0n) is 14.4. The molecule has 0 aliphatic rings. The molecule has 0 spiro atoms. The van der Waals surface area contributed by atoms with Crippen molar-refractivity contribution in [3.8, 4) is 17.3 Å². The number of hydrogen-bond donors (Lipinski definition) is 0. The highest BCUT2D eigenvalue weighted by atomic mass is 35.5. The Hall–Kier alpha value is -2.62.